The minimum absolute atomic E-state index is 0.0497. The monoisotopic (exact) mass is 396 g/mol. The van der Waals surface area contributed by atoms with E-state index in [1.54, 1.807) is 17.6 Å². The van der Waals surface area contributed by atoms with Crippen molar-refractivity contribution in [2.75, 3.05) is 18.0 Å². The molecule has 4 rings (SSSR count). The second-order valence-electron chi connectivity index (χ2n) is 7.21. The Morgan fingerprint density at radius 3 is 2.75 bits per heavy atom. The van der Waals surface area contributed by atoms with Crippen LogP contribution in [0, 0.1) is 5.92 Å². The van der Waals surface area contributed by atoms with Crippen LogP contribution in [0.4, 0.5) is 5.82 Å². The number of nitrogens with zero attached hydrogens (tertiary/aromatic N) is 3. The highest BCUT2D eigenvalue weighted by Crippen LogP contribution is 2.25. The van der Waals surface area contributed by atoms with Crippen LogP contribution in [0.5, 0.6) is 0 Å². The normalized spacial score (nSPS) is 16.1. The van der Waals surface area contributed by atoms with Crippen molar-refractivity contribution in [2.45, 2.75) is 32.2 Å². The maximum atomic E-state index is 12.6. The number of furan rings is 1. The molecule has 1 aliphatic rings. The van der Waals surface area contributed by atoms with E-state index in [0.717, 1.165) is 48.1 Å². The van der Waals surface area contributed by atoms with Crippen LogP contribution in [0.25, 0.3) is 10.6 Å². The van der Waals surface area contributed by atoms with Gasteiger partial charge in [0.2, 0.25) is 5.91 Å². The number of aromatic nitrogens is 2. The molecule has 1 amide bonds. The first kappa shape index (κ1) is 18.7. The number of nitrogens with one attached hydrogen (secondary N) is 1. The van der Waals surface area contributed by atoms with Gasteiger partial charge in [-0.15, -0.1) is 21.5 Å². The summed E-state index contributed by atoms with van der Waals surface area (Å²) in [4.78, 5) is 15.9. The summed E-state index contributed by atoms with van der Waals surface area (Å²) in [6.07, 6.45) is 4.03. The number of hydrogen-bond acceptors (Lipinski definition) is 6. The Morgan fingerprint density at radius 1 is 1.25 bits per heavy atom. The summed E-state index contributed by atoms with van der Waals surface area (Å²) >= 11 is 1.66. The summed E-state index contributed by atoms with van der Waals surface area (Å²) in [6, 6.07) is 12.0. The summed E-state index contributed by atoms with van der Waals surface area (Å²) < 4.78 is 5.36. The SMILES string of the molecule is C[C@H](Cc1ccco1)NC(=O)C1CCN(c2ccc(-c3cccs3)nn2)CC1. The van der Waals surface area contributed by atoms with Gasteiger partial charge in [0.15, 0.2) is 5.82 Å². The fourth-order valence-electron chi connectivity index (χ4n) is 3.56. The van der Waals surface area contributed by atoms with Crippen molar-refractivity contribution >= 4 is 23.1 Å². The van der Waals surface area contributed by atoms with Gasteiger partial charge in [-0.25, -0.2) is 0 Å². The van der Waals surface area contributed by atoms with E-state index >= 15 is 0 Å². The molecule has 146 valence electrons. The number of carbonyl (C=O) groups is 1. The van der Waals surface area contributed by atoms with Gasteiger partial charge < -0.3 is 14.6 Å². The third-order valence-corrected chi connectivity index (χ3v) is 5.98. The molecule has 3 aromatic rings. The summed E-state index contributed by atoms with van der Waals surface area (Å²) in [5, 5.41) is 13.9. The van der Waals surface area contributed by atoms with Crippen LogP contribution in [-0.2, 0) is 11.2 Å². The third-order valence-electron chi connectivity index (χ3n) is 5.09. The van der Waals surface area contributed by atoms with Gasteiger partial charge in [-0.3, -0.25) is 4.79 Å². The van der Waals surface area contributed by atoms with Crippen molar-refractivity contribution in [2.24, 2.45) is 5.92 Å². The molecule has 4 heterocycles. The minimum atomic E-state index is 0.0497. The fourth-order valence-corrected chi connectivity index (χ4v) is 4.25. The summed E-state index contributed by atoms with van der Waals surface area (Å²) in [5.74, 6) is 1.96. The molecule has 0 aromatic carbocycles. The molecule has 1 saturated heterocycles. The van der Waals surface area contributed by atoms with Gasteiger partial charge in [-0.05, 0) is 55.5 Å². The summed E-state index contributed by atoms with van der Waals surface area (Å²) in [6.45, 7) is 3.65. The number of carbonyl (C=O) groups excluding carboxylic acids is 1. The van der Waals surface area contributed by atoms with Crippen LogP contribution in [0.3, 0.4) is 0 Å². The zero-order valence-electron chi connectivity index (χ0n) is 15.9. The maximum Gasteiger partial charge on any atom is 0.223 e. The van der Waals surface area contributed by atoms with Crippen LogP contribution in [0.15, 0.2) is 52.5 Å². The highest BCUT2D eigenvalue weighted by atomic mass is 32.1. The molecule has 7 heteroatoms. The van der Waals surface area contributed by atoms with Crippen molar-refractivity contribution in [3.8, 4) is 10.6 Å². The van der Waals surface area contributed by atoms with Crippen molar-refractivity contribution in [3.05, 3.63) is 53.8 Å². The molecular formula is C21H24N4O2S. The largest absolute Gasteiger partial charge is 0.469 e. The minimum Gasteiger partial charge on any atom is -0.469 e. The maximum absolute atomic E-state index is 12.6. The van der Waals surface area contributed by atoms with Gasteiger partial charge in [-0.1, -0.05) is 6.07 Å². The molecule has 6 nitrogen and oxygen atoms in total. The van der Waals surface area contributed by atoms with E-state index in [2.05, 4.69) is 20.4 Å². The molecule has 1 aliphatic heterocycles. The van der Waals surface area contributed by atoms with E-state index in [-0.39, 0.29) is 17.9 Å². The predicted octanol–water partition coefficient (Wildman–Crippen LogP) is 3.76. The highest BCUT2D eigenvalue weighted by molar-refractivity contribution is 7.13. The van der Waals surface area contributed by atoms with Crippen molar-refractivity contribution in [1.82, 2.24) is 15.5 Å². The Balaban J connectivity index is 1.27. The van der Waals surface area contributed by atoms with Crippen molar-refractivity contribution in [3.63, 3.8) is 0 Å². The lowest BCUT2D eigenvalue weighted by molar-refractivity contribution is -0.126. The van der Waals surface area contributed by atoms with Gasteiger partial charge in [0.05, 0.1) is 11.1 Å². The van der Waals surface area contributed by atoms with Crippen LogP contribution in [-0.4, -0.2) is 35.2 Å². The van der Waals surface area contributed by atoms with Crippen LogP contribution in [0.2, 0.25) is 0 Å². The zero-order chi connectivity index (χ0) is 19.3. The quantitative estimate of drug-likeness (QED) is 0.687. The van der Waals surface area contributed by atoms with Crippen LogP contribution < -0.4 is 10.2 Å². The van der Waals surface area contributed by atoms with Crippen LogP contribution in [0.1, 0.15) is 25.5 Å². The highest BCUT2D eigenvalue weighted by Gasteiger charge is 2.26. The van der Waals surface area contributed by atoms with Gasteiger partial charge in [-0.2, -0.15) is 0 Å². The Bertz CT molecular complexity index is 870. The summed E-state index contributed by atoms with van der Waals surface area (Å²) in [5.41, 5.74) is 0.901. The second kappa shape index (κ2) is 8.56. The third kappa shape index (κ3) is 4.42. The van der Waals surface area contributed by atoms with Crippen LogP contribution >= 0.6 is 11.3 Å². The molecule has 1 atom stereocenters. The smallest absolute Gasteiger partial charge is 0.223 e. The summed E-state index contributed by atoms with van der Waals surface area (Å²) in [7, 11) is 0. The lowest BCUT2D eigenvalue weighted by atomic mass is 9.95. The second-order valence-corrected chi connectivity index (χ2v) is 8.16. The first-order valence-corrected chi connectivity index (χ1v) is 10.5. The molecule has 0 spiro atoms. The number of anilines is 1. The number of thiophene rings is 1. The topological polar surface area (TPSA) is 71.3 Å². The standard InChI is InChI=1S/C21H24N4O2S/c1-15(14-17-4-2-12-27-17)22-21(26)16-8-10-25(11-9-16)20-7-6-18(23-24-20)19-5-3-13-28-19/h2-7,12-13,15-16H,8-11,14H2,1H3,(H,22,26)/t15-/m1/s1. The lowest BCUT2D eigenvalue weighted by Gasteiger charge is -2.32. The van der Waals surface area contributed by atoms with E-state index in [1.807, 2.05) is 48.7 Å². The van der Waals surface area contributed by atoms with Gasteiger partial charge >= 0.3 is 0 Å². The molecular weight excluding hydrogens is 372 g/mol. The van der Waals surface area contributed by atoms with Crippen molar-refractivity contribution in [1.29, 1.82) is 0 Å². The average molecular weight is 397 g/mol. The number of amides is 1. The Hall–Kier alpha value is -2.67. The number of rotatable bonds is 6. The molecule has 1 fully saturated rings. The van der Waals surface area contributed by atoms with Gasteiger partial charge in [0.25, 0.3) is 0 Å². The molecule has 3 aromatic heterocycles. The molecule has 28 heavy (non-hydrogen) atoms. The Morgan fingerprint density at radius 2 is 2.11 bits per heavy atom. The fraction of sp³-hybridized carbons (Fsp3) is 0.381. The van der Waals surface area contributed by atoms with E-state index < -0.39 is 0 Å². The van der Waals surface area contributed by atoms with E-state index in [4.69, 9.17) is 4.42 Å². The van der Waals surface area contributed by atoms with Gasteiger partial charge in [0, 0.05) is 31.5 Å². The molecule has 0 aliphatic carbocycles. The molecule has 0 unspecified atom stereocenters. The number of piperidine rings is 1. The first-order chi connectivity index (χ1) is 13.7. The lowest BCUT2D eigenvalue weighted by Crippen LogP contribution is -2.43. The zero-order valence-corrected chi connectivity index (χ0v) is 16.7. The average Bonchev–Trinajstić information content (AvgIpc) is 3.42. The molecule has 1 N–H and O–H groups in total. The van der Waals surface area contributed by atoms with Crippen molar-refractivity contribution < 1.29 is 9.21 Å². The van der Waals surface area contributed by atoms with E-state index in [9.17, 15) is 4.79 Å². The predicted molar refractivity (Wildman–Crippen MR) is 110 cm³/mol. The van der Waals surface area contributed by atoms with E-state index in [1.165, 1.54) is 0 Å². The Labute approximate surface area is 168 Å². The van der Waals surface area contributed by atoms with E-state index in [0.29, 0.717) is 6.42 Å². The van der Waals surface area contributed by atoms with Gasteiger partial charge in [0.1, 0.15) is 11.5 Å². The number of hydrogen-bond donors (Lipinski definition) is 1. The first-order valence-electron chi connectivity index (χ1n) is 9.64. The molecule has 0 bridgehead atoms. The molecule has 0 radical (unpaired) electrons. The Kier molecular flexibility index (Phi) is 5.71. The molecule has 0 saturated carbocycles.